The number of likely N-dealkylation sites (tertiary alicyclic amines) is 1. The molecule has 4 heteroatoms. The quantitative estimate of drug-likeness (QED) is 0.463. The maximum absolute atomic E-state index is 11.5. The van der Waals surface area contributed by atoms with E-state index < -0.39 is 11.9 Å². The fourth-order valence-corrected chi connectivity index (χ4v) is 1.61. The van der Waals surface area contributed by atoms with Crippen LogP contribution in [0.4, 0.5) is 0 Å². The predicted octanol–water partition coefficient (Wildman–Crippen LogP) is 0.808. The molecule has 0 bridgehead atoms. The highest BCUT2D eigenvalue weighted by Gasteiger charge is 2.35. The Labute approximate surface area is 84.2 Å². The highest BCUT2D eigenvalue weighted by atomic mass is 16.5. The second-order valence-corrected chi connectivity index (χ2v) is 4.36. The van der Waals surface area contributed by atoms with Crippen molar-refractivity contribution in [3.8, 4) is 0 Å². The monoisotopic (exact) mass is 199 g/mol. The summed E-state index contributed by atoms with van der Waals surface area (Å²) in [7, 11) is 0. The van der Waals surface area contributed by atoms with Gasteiger partial charge in [0.1, 0.15) is 0 Å². The summed E-state index contributed by atoms with van der Waals surface area (Å²) in [5, 5.41) is 0. The Morgan fingerprint density at radius 3 is 2.50 bits per heavy atom. The number of rotatable bonds is 1. The number of carbonyl (C=O) groups is 2. The predicted molar refractivity (Wildman–Crippen MR) is 51.6 cm³/mol. The van der Waals surface area contributed by atoms with Crippen LogP contribution in [-0.4, -0.2) is 36.5 Å². The zero-order chi connectivity index (χ0) is 10.8. The van der Waals surface area contributed by atoms with E-state index in [1.54, 1.807) is 11.8 Å². The number of nitrogens with zero attached hydrogens (tertiary/aromatic N) is 1. The molecule has 1 aliphatic rings. The van der Waals surface area contributed by atoms with Gasteiger partial charge in [0.15, 0.2) is 0 Å². The zero-order valence-corrected chi connectivity index (χ0v) is 9.00. The van der Waals surface area contributed by atoms with Crippen molar-refractivity contribution >= 4 is 11.9 Å². The summed E-state index contributed by atoms with van der Waals surface area (Å²) >= 11 is 0. The molecule has 1 saturated heterocycles. The van der Waals surface area contributed by atoms with Gasteiger partial charge in [-0.1, -0.05) is 13.8 Å². The summed E-state index contributed by atoms with van der Waals surface area (Å²) in [5.41, 5.74) is 0.127. The van der Waals surface area contributed by atoms with Gasteiger partial charge in [0, 0.05) is 13.1 Å². The second kappa shape index (κ2) is 3.98. The second-order valence-electron chi connectivity index (χ2n) is 4.36. The molecule has 1 heterocycles. The lowest BCUT2D eigenvalue weighted by atomic mass is 9.93. The largest absolute Gasteiger partial charge is 0.459 e. The number of amides is 1. The van der Waals surface area contributed by atoms with E-state index in [4.69, 9.17) is 0 Å². The van der Waals surface area contributed by atoms with E-state index in [0.29, 0.717) is 13.1 Å². The van der Waals surface area contributed by atoms with Crippen molar-refractivity contribution in [2.45, 2.75) is 27.2 Å². The van der Waals surface area contributed by atoms with Gasteiger partial charge in [-0.05, 0) is 18.8 Å². The fourth-order valence-electron chi connectivity index (χ4n) is 1.61. The first-order valence-corrected chi connectivity index (χ1v) is 4.92. The van der Waals surface area contributed by atoms with Crippen molar-refractivity contribution in [3.63, 3.8) is 0 Å². The molecule has 0 aromatic heterocycles. The number of carbonyl (C=O) groups excluding carboxylic acids is 2. The van der Waals surface area contributed by atoms with Crippen molar-refractivity contribution in [3.05, 3.63) is 0 Å². The zero-order valence-electron chi connectivity index (χ0n) is 9.00. The molecule has 0 aromatic carbocycles. The molecule has 0 unspecified atom stereocenters. The molecular weight excluding hydrogens is 182 g/mol. The van der Waals surface area contributed by atoms with Crippen LogP contribution in [0.15, 0.2) is 0 Å². The molecule has 1 fully saturated rings. The van der Waals surface area contributed by atoms with Crippen molar-refractivity contribution in [1.29, 1.82) is 0 Å². The van der Waals surface area contributed by atoms with Crippen molar-refractivity contribution in [2.24, 2.45) is 5.41 Å². The summed E-state index contributed by atoms with van der Waals surface area (Å²) in [6, 6.07) is 0. The van der Waals surface area contributed by atoms with Crippen LogP contribution in [0.5, 0.6) is 0 Å². The van der Waals surface area contributed by atoms with E-state index in [1.165, 1.54) is 0 Å². The average Bonchev–Trinajstić information content (AvgIpc) is 2.45. The third-order valence-corrected chi connectivity index (χ3v) is 2.41. The van der Waals surface area contributed by atoms with Crippen molar-refractivity contribution in [2.75, 3.05) is 19.7 Å². The number of hydrogen-bond donors (Lipinski definition) is 0. The summed E-state index contributed by atoms with van der Waals surface area (Å²) in [4.78, 5) is 24.2. The van der Waals surface area contributed by atoms with E-state index in [-0.39, 0.29) is 12.0 Å². The van der Waals surface area contributed by atoms with Crippen LogP contribution in [0.3, 0.4) is 0 Å². The molecule has 0 aromatic rings. The molecule has 1 aliphatic heterocycles. The molecule has 0 radical (unpaired) electrons. The van der Waals surface area contributed by atoms with Gasteiger partial charge >= 0.3 is 11.9 Å². The molecule has 1 amide bonds. The van der Waals surface area contributed by atoms with Crippen LogP contribution in [0.2, 0.25) is 0 Å². The maximum Gasteiger partial charge on any atom is 0.397 e. The topological polar surface area (TPSA) is 46.6 Å². The van der Waals surface area contributed by atoms with Crippen molar-refractivity contribution < 1.29 is 14.3 Å². The first-order chi connectivity index (χ1) is 6.46. The lowest BCUT2D eigenvalue weighted by molar-refractivity contribution is -0.159. The Kier molecular flexibility index (Phi) is 3.13. The van der Waals surface area contributed by atoms with Crippen LogP contribution < -0.4 is 0 Å². The highest BCUT2D eigenvalue weighted by molar-refractivity contribution is 6.32. The third kappa shape index (κ3) is 2.47. The van der Waals surface area contributed by atoms with Gasteiger partial charge in [-0.2, -0.15) is 0 Å². The van der Waals surface area contributed by atoms with Crippen molar-refractivity contribution in [1.82, 2.24) is 4.90 Å². The van der Waals surface area contributed by atoms with Gasteiger partial charge in [-0.3, -0.25) is 4.79 Å². The molecular formula is C10H17NO3. The minimum Gasteiger partial charge on any atom is -0.459 e. The van der Waals surface area contributed by atoms with Crippen LogP contribution >= 0.6 is 0 Å². The summed E-state index contributed by atoms with van der Waals surface area (Å²) in [5.74, 6) is -1.23. The summed E-state index contributed by atoms with van der Waals surface area (Å²) < 4.78 is 4.65. The molecule has 0 aliphatic carbocycles. The fraction of sp³-hybridized carbons (Fsp3) is 0.800. The Balaban J connectivity index is 2.51. The Bertz CT molecular complexity index is 248. The normalized spacial score (nSPS) is 19.5. The standard InChI is InChI=1S/C10H17NO3/c1-4-14-9(13)8(12)11-6-5-10(2,3)7-11/h4-7H2,1-3H3. The van der Waals surface area contributed by atoms with E-state index >= 15 is 0 Å². The molecule has 80 valence electrons. The first kappa shape index (κ1) is 11.0. The third-order valence-electron chi connectivity index (χ3n) is 2.41. The molecule has 1 rings (SSSR count). The van der Waals surface area contributed by atoms with Gasteiger partial charge in [-0.15, -0.1) is 0 Å². The van der Waals surface area contributed by atoms with Gasteiger partial charge < -0.3 is 9.64 Å². The lowest BCUT2D eigenvalue weighted by Crippen LogP contribution is -2.36. The van der Waals surface area contributed by atoms with E-state index in [9.17, 15) is 9.59 Å². The van der Waals surface area contributed by atoms with Crippen LogP contribution in [0.25, 0.3) is 0 Å². The Morgan fingerprint density at radius 1 is 1.43 bits per heavy atom. The molecule has 0 spiro atoms. The number of esters is 1. The van der Waals surface area contributed by atoms with Gasteiger partial charge in [-0.25, -0.2) is 4.79 Å². The van der Waals surface area contributed by atoms with Crippen LogP contribution in [0, 0.1) is 5.41 Å². The van der Waals surface area contributed by atoms with Crippen LogP contribution in [-0.2, 0) is 14.3 Å². The molecule has 4 nitrogen and oxygen atoms in total. The van der Waals surface area contributed by atoms with Gasteiger partial charge in [0.2, 0.25) is 0 Å². The Hall–Kier alpha value is -1.06. The number of hydrogen-bond acceptors (Lipinski definition) is 3. The maximum atomic E-state index is 11.5. The van der Waals surface area contributed by atoms with E-state index in [0.717, 1.165) is 6.42 Å². The van der Waals surface area contributed by atoms with E-state index in [2.05, 4.69) is 18.6 Å². The smallest absolute Gasteiger partial charge is 0.397 e. The summed E-state index contributed by atoms with van der Waals surface area (Å²) in [6.07, 6.45) is 0.943. The van der Waals surface area contributed by atoms with E-state index in [1.807, 2.05) is 0 Å². The average molecular weight is 199 g/mol. The lowest BCUT2D eigenvalue weighted by Gasteiger charge is -2.18. The van der Waals surface area contributed by atoms with Crippen LogP contribution in [0.1, 0.15) is 27.2 Å². The van der Waals surface area contributed by atoms with Gasteiger partial charge in [0.05, 0.1) is 6.61 Å². The summed E-state index contributed by atoms with van der Waals surface area (Å²) in [6.45, 7) is 7.42. The SMILES string of the molecule is CCOC(=O)C(=O)N1CCC(C)(C)C1. The molecule has 0 N–H and O–H groups in total. The molecule has 14 heavy (non-hydrogen) atoms. The minimum atomic E-state index is -0.731. The minimum absolute atomic E-state index is 0.127. The number of ether oxygens (including phenoxy) is 1. The molecule has 0 atom stereocenters. The molecule has 0 saturated carbocycles. The highest BCUT2D eigenvalue weighted by Crippen LogP contribution is 2.28. The first-order valence-electron chi connectivity index (χ1n) is 4.92. The Morgan fingerprint density at radius 2 is 2.07 bits per heavy atom. The van der Waals surface area contributed by atoms with Gasteiger partial charge in [0.25, 0.3) is 0 Å².